The molecule has 0 radical (unpaired) electrons. The maximum Gasteiger partial charge on any atom is 0.228 e. The summed E-state index contributed by atoms with van der Waals surface area (Å²) < 4.78 is 33.4. The quantitative estimate of drug-likeness (QED) is 0.158. The Morgan fingerprint density at radius 2 is 1.51 bits per heavy atom. The molecule has 222 valence electrons. The van der Waals surface area contributed by atoms with Crippen molar-refractivity contribution in [1.82, 2.24) is 19.7 Å². The smallest absolute Gasteiger partial charge is 0.228 e. The number of methoxy groups -OCH3 is 3. The van der Waals surface area contributed by atoms with E-state index in [1.54, 1.807) is 26.0 Å². The van der Waals surface area contributed by atoms with E-state index in [-0.39, 0.29) is 6.61 Å². The largest absolute Gasteiger partial charge is 0.496 e. The van der Waals surface area contributed by atoms with Gasteiger partial charge in [0, 0.05) is 17.5 Å². The summed E-state index contributed by atoms with van der Waals surface area (Å²) in [7, 11) is 4.84. The lowest BCUT2D eigenvalue weighted by molar-refractivity contribution is -0.101. The Hall–Kier alpha value is -3.78. The zero-order valence-electron chi connectivity index (χ0n) is 23.9. The van der Waals surface area contributed by atoms with Gasteiger partial charge in [0.1, 0.15) is 33.0 Å². The fourth-order valence-corrected chi connectivity index (χ4v) is 6.53. The van der Waals surface area contributed by atoms with Crippen molar-refractivity contribution in [3.63, 3.8) is 0 Å². The van der Waals surface area contributed by atoms with Gasteiger partial charge in [0.25, 0.3) is 0 Å². The summed E-state index contributed by atoms with van der Waals surface area (Å²) >= 11 is 2.14. The van der Waals surface area contributed by atoms with Crippen LogP contribution in [0.15, 0.2) is 85.2 Å². The molecule has 0 bridgehead atoms. The summed E-state index contributed by atoms with van der Waals surface area (Å²) in [5, 5.41) is 16.0. The average Bonchev–Trinajstić information content (AvgIpc) is 3.64. The fraction of sp³-hybridized carbons (Fsp3) is 0.281. The summed E-state index contributed by atoms with van der Waals surface area (Å²) in [6.45, 7) is -0.265. The van der Waals surface area contributed by atoms with Crippen LogP contribution in [0, 0.1) is 3.70 Å². The number of ether oxygens (including phenoxy) is 5. The molecule has 0 amide bonds. The number of hydrogen-bond donors (Lipinski definition) is 1. The number of aliphatic hydroxyl groups is 1. The van der Waals surface area contributed by atoms with Crippen LogP contribution in [0.4, 0.5) is 0 Å². The van der Waals surface area contributed by atoms with E-state index in [9.17, 15) is 5.11 Å². The second kappa shape index (κ2) is 12.4. The first kappa shape index (κ1) is 29.3. The monoisotopic (exact) mass is 694 g/mol. The molecule has 0 saturated carbocycles. The second-order valence-corrected chi connectivity index (χ2v) is 11.0. The van der Waals surface area contributed by atoms with E-state index in [4.69, 9.17) is 28.8 Å². The average molecular weight is 695 g/mol. The first-order valence-electron chi connectivity index (χ1n) is 13.7. The van der Waals surface area contributed by atoms with Crippen LogP contribution < -0.4 is 14.2 Å². The Balaban J connectivity index is 1.52. The van der Waals surface area contributed by atoms with Crippen molar-refractivity contribution in [1.29, 1.82) is 0 Å². The van der Waals surface area contributed by atoms with Gasteiger partial charge in [0.15, 0.2) is 17.5 Å². The van der Waals surface area contributed by atoms with Crippen LogP contribution in [0.25, 0.3) is 11.0 Å². The number of aliphatic hydroxyl groups excluding tert-OH is 1. The number of rotatable bonds is 10. The minimum absolute atomic E-state index is 0.265. The highest BCUT2D eigenvalue weighted by Crippen LogP contribution is 2.50. The van der Waals surface area contributed by atoms with Gasteiger partial charge in [-0.1, -0.05) is 66.7 Å². The van der Waals surface area contributed by atoms with E-state index >= 15 is 0 Å². The van der Waals surface area contributed by atoms with Crippen molar-refractivity contribution < 1.29 is 28.8 Å². The van der Waals surface area contributed by atoms with Crippen LogP contribution in [0.2, 0.25) is 0 Å². The van der Waals surface area contributed by atoms with Crippen LogP contribution >= 0.6 is 22.6 Å². The van der Waals surface area contributed by atoms with E-state index in [1.165, 1.54) is 6.33 Å². The number of fused-ring (bicyclic) bond motifs is 1. The lowest BCUT2D eigenvalue weighted by atomic mass is 9.78. The number of nitrogens with zero attached hydrogens (tertiary/aromatic N) is 4. The molecule has 1 N–H and O–H groups in total. The normalized spacial score (nSPS) is 18.6. The number of para-hydroxylation sites is 2. The maximum absolute atomic E-state index is 10.6. The molecule has 1 fully saturated rings. The van der Waals surface area contributed by atoms with Crippen molar-refractivity contribution in [2.24, 2.45) is 0 Å². The van der Waals surface area contributed by atoms with Gasteiger partial charge in [-0.3, -0.25) is 0 Å². The van der Waals surface area contributed by atoms with Crippen LogP contribution in [0.5, 0.6) is 17.4 Å². The Labute approximate surface area is 262 Å². The molecule has 3 atom stereocenters. The molecular formula is C32H31IN4O6. The molecule has 11 heteroatoms. The minimum Gasteiger partial charge on any atom is -0.496 e. The first-order chi connectivity index (χ1) is 21.0. The highest BCUT2D eigenvalue weighted by atomic mass is 127. The number of benzene rings is 3. The molecule has 0 unspecified atom stereocenters. The fourth-order valence-electron chi connectivity index (χ4n) is 5.82. The lowest BCUT2D eigenvalue weighted by Crippen LogP contribution is -2.41. The summed E-state index contributed by atoms with van der Waals surface area (Å²) in [5.41, 5.74) is 1.79. The number of aromatic nitrogens is 4. The molecule has 43 heavy (non-hydrogen) atoms. The van der Waals surface area contributed by atoms with E-state index in [0.29, 0.717) is 38.5 Å². The van der Waals surface area contributed by atoms with Crippen LogP contribution in [-0.4, -0.2) is 65.0 Å². The molecule has 3 heterocycles. The van der Waals surface area contributed by atoms with Gasteiger partial charge < -0.3 is 28.8 Å². The molecular weight excluding hydrogens is 663 g/mol. The Kier molecular flexibility index (Phi) is 8.48. The molecule has 1 aliphatic heterocycles. The standard InChI is InChI=1S/C32H31IN4O6/c1-39-23-15-9-7-13-21(23)32(20-11-5-4-6-12-20,22-14-8-10-16-24(22)40-2)43-25-17-27(42-26(25)18-38)37-30-28(29(33)36-37)31(41-3)35-19-34-30/h4-16,19,25-27,38H,17-18H2,1-3H3/t25-,26+,27+/m0/s1. The second-order valence-electron chi connectivity index (χ2n) is 9.97. The molecule has 6 rings (SSSR count). The third kappa shape index (κ3) is 5.09. The summed E-state index contributed by atoms with van der Waals surface area (Å²) in [4.78, 5) is 8.72. The summed E-state index contributed by atoms with van der Waals surface area (Å²) in [5.74, 6) is 1.72. The third-order valence-electron chi connectivity index (χ3n) is 7.72. The van der Waals surface area contributed by atoms with E-state index < -0.39 is 24.0 Å². The van der Waals surface area contributed by atoms with Crippen molar-refractivity contribution in [2.45, 2.75) is 30.5 Å². The van der Waals surface area contributed by atoms with Gasteiger partial charge >= 0.3 is 0 Å². The molecule has 10 nitrogen and oxygen atoms in total. The summed E-state index contributed by atoms with van der Waals surface area (Å²) in [6, 6.07) is 25.5. The van der Waals surface area contributed by atoms with Gasteiger partial charge in [-0.05, 0) is 40.3 Å². The van der Waals surface area contributed by atoms with Gasteiger partial charge in [0.05, 0.1) is 34.0 Å². The van der Waals surface area contributed by atoms with Crippen molar-refractivity contribution in [2.75, 3.05) is 27.9 Å². The minimum atomic E-state index is -1.21. The van der Waals surface area contributed by atoms with Crippen molar-refractivity contribution in [3.05, 3.63) is 106 Å². The summed E-state index contributed by atoms with van der Waals surface area (Å²) in [6.07, 6.45) is -0.00463. The lowest BCUT2D eigenvalue weighted by Gasteiger charge is -2.40. The van der Waals surface area contributed by atoms with Crippen LogP contribution in [-0.2, 0) is 15.1 Å². The van der Waals surface area contributed by atoms with E-state index in [0.717, 1.165) is 16.7 Å². The van der Waals surface area contributed by atoms with E-state index in [1.807, 2.05) is 78.9 Å². The third-order valence-corrected chi connectivity index (χ3v) is 8.47. The number of hydrogen-bond acceptors (Lipinski definition) is 9. The molecule has 2 aromatic heterocycles. The predicted molar refractivity (Wildman–Crippen MR) is 167 cm³/mol. The van der Waals surface area contributed by atoms with Crippen molar-refractivity contribution in [3.8, 4) is 17.4 Å². The molecule has 0 spiro atoms. The zero-order valence-corrected chi connectivity index (χ0v) is 26.0. The first-order valence-corrected chi connectivity index (χ1v) is 14.8. The molecule has 5 aromatic rings. The molecule has 1 saturated heterocycles. The Bertz CT molecular complexity index is 1670. The SMILES string of the molecule is COc1ccccc1C(O[C@H]1C[C@H](n2nc(I)c3c(OC)ncnc32)O[C@@H]1CO)(c1ccccc1)c1ccccc1OC. The van der Waals surface area contributed by atoms with Gasteiger partial charge in [-0.2, -0.15) is 5.10 Å². The molecule has 3 aromatic carbocycles. The topological polar surface area (TPSA) is 110 Å². The molecule has 0 aliphatic carbocycles. The zero-order chi connectivity index (χ0) is 30.0. The van der Waals surface area contributed by atoms with E-state index in [2.05, 4.69) is 32.6 Å². The van der Waals surface area contributed by atoms with Gasteiger partial charge in [-0.15, -0.1) is 0 Å². The predicted octanol–water partition coefficient (Wildman–Crippen LogP) is 5.11. The Morgan fingerprint density at radius 1 is 0.884 bits per heavy atom. The van der Waals surface area contributed by atoms with Crippen molar-refractivity contribution >= 4 is 33.6 Å². The molecule has 1 aliphatic rings. The highest BCUT2D eigenvalue weighted by Gasteiger charge is 2.48. The highest BCUT2D eigenvalue weighted by molar-refractivity contribution is 14.1. The Morgan fingerprint density at radius 3 is 2.12 bits per heavy atom. The maximum atomic E-state index is 10.6. The van der Waals surface area contributed by atoms with Gasteiger partial charge in [-0.25, -0.2) is 14.6 Å². The number of halogens is 1. The van der Waals surface area contributed by atoms with Gasteiger partial charge in [0.2, 0.25) is 5.88 Å². The van der Waals surface area contributed by atoms with Crippen LogP contribution in [0.3, 0.4) is 0 Å². The van der Waals surface area contributed by atoms with Crippen LogP contribution in [0.1, 0.15) is 29.3 Å².